The van der Waals surface area contributed by atoms with Crippen LogP contribution in [0.5, 0.6) is 0 Å². The summed E-state index contributed by atoms with van der Waals surface area (Å²) in [4.78, 5) is 13.9. The first-order valence-corrected chi connectivity index (χ1v) is 9.35. The van der Waals surface area contributed by atoms with E-state index in [1.54, 1.807) is 7.05 Å². The molecule has 1 aliphatic heterocycles. The van der Waals surface area contributed by atoms with Crippen molar-refractivity contribution in [2.45, 2.75) is 11.3 Å². The highest BCUT2D eigenvalue weighted by molar-refractivity contribution is 7.89. The third-order valence-corrected chi connectivity index (χ3v) is 5.58. The maximum absolute atomic E-state index is 12.4. The van der Waals surface area contributed by atoms with Crippen LogP contribution >= 0.6 is 0 Å². The van der Waals surface area contributed by atoms with E-state index in [1.165, 1.54) is 22.8 Å². The van der Waals surface area contributed by atoms with Gasteiger partial charge in [-0.05, 0) is 31.2 Å². The molecule has 0 unspecified atom stereocenters. The van der Waals surface area contributed by atoms with Gasteiger partial charge in [0.1, 0.15) is 0 Å². The van der Waals surface area contributed by atoms with Crippen molar-refractivity contribution in [1.82, 2.24) is 14.2 Å². The highest BCUT2D eigenvalue weighted by Gasteiger charge is 2.17. The zero-order valence-electron chi connectivity index (χ0n) is 13.5. The molecule has 1 aromatic carbocycles. The lowest BCUT2D eigenvalue weighted by Gasteiger charge is -2.26. The average Bonchev–Trinajstić information content (AvgIpc) is 2.87. The first-order chi connectivity index (χ1) is 11.5. The molecule has 8 nitrogen and oxygen atoms in total. The van der Waals surface area contributed by atoms with Crippen LogP contribution in [-0.2, 0) is 21.8 Å². The maximum Gasteiger partial charge on any atom is 0.419 e. The molecule has 1 aromatic heterocycles. The molecule has 1 fully saturated rings. The van der Waals surface area contributed by atoms with E-state index in [0.717, 1.165) is 39.3 Å². The van der Waals surface area contributed by atoms with Gasteiger partial charge in [0.15, 0.2) is 5.58 Å². The molecule has 0 radical (unpaired) electrons. The summed E-state index contributed by atoms with van der Waals surface area (Å²) in [6.45, 7) is 4.43. The topological polar surface area (TPSA) is 93.8 Å². The minimum Gasteiger partial charge on any atom is -0.408 e. The zero-order chi connectivity index (χ0) is 17.2. The molecule has 0 amide bonds. The quantitative estimate of drug-likeness (QED) is 0.741. The smallest absolute Gasteiger partial charge is 0.408 e. The molecule has 24 heavy (non-hydrogen) atoms. The summed E-state index contributed by atoms with van der Waals surface area (Å²) in [6, 6.07) is 4.39. The van der Waals surface area contributed by atoms with E-state index in [9.17, 15) is 13.2 Å². The fourth-order valence-corrected chi connectivity index (χ4v) is 3.78. The number of sulfonamides is 1. The van der Waals surface area contributed by atoms with Gasteiger partial charge in [0, 0.05) is 26.7 Å². The van der Waals surface area contributed by atoms with E-state index in [2.05, 4.69) is 9.62 Å². The van der Waals surface area contributed by atoms with Crippen LogP contribution in [0.1, 0.15) is 6.42 Å². The van der Waals surface area contributed by atoms with E-state index in [4.69, 9.17) is 9.15 Å². The van der Waals surface area contributed by atoms with Crippen molar-refractivity contribution in [3.63, 3.8) is 0 Å². The predicted octanol–water partition coefficient (Wildman–Crippen LogP) is 0.132. The molecular formula is C15H21N3O5S. The number of ether oxygens (including phenoxy) is 1. The number of hydrogen-bond donors (Lipinski definition) is 1. The Balaban J connectivity index is 1.62. The number of aromatic nitrogens is 1. The highest BCUT2D eigenvalue weighted by atomic mass is 32.2. The van der Waals surface area contributed by atoms with Gasteiger partial charge in [0.2, 0.25) is 10.0 Å². The first-order valence-electron chi connectivity index (χ1n) is 7.87. The van der Waals surface area contributed by atoms with Crippen molar-refractivity contribution in [2.24, 2.45) is 7.05 Å². The first kappa shape index (κ1) is 17.2. The minimum absolute atomic E-state index is 0.123. The van der Waals surface area contributed by atoms with Gasteiger partial charge in [-0.3, -0.25) is 9.47 Å². The summed E-state index contributed by atoms with van der Waals surface area (Å²) in [7, 11) is -2.07. The van der Waals surface area contributed by atoms with Gasteiger partial charge in [-0.2, -0.15) is 0 Å². The largest absolute Gasteiger partial charge is 0.419 e. The van der Waals surface area contributed by atoms with Crippen LogP contribution in [0.2, 0.25) is 0 Å². The Labute approximate surface area is 140 Å². The lowest BCUT2D eigenvalue weighted by atomic mass is 10.3. The molecule has 1 aliphatic rings. The molecule has 0 atom stereocenters. The molecule has 0 bridgehead atoms. The molecule has 3 rings (SSSR count). The Kier molecular flexibility index (Phi) is 5.04. The van der Waals surface area contributed by atoms with Crippen LogP contribution in [0, 0.1) is 0 Å². The number of benzene rings is 1. The molecule has 132 valence electrons. The van der Waals surface area contributed by atoms with Gasteiger partial charge in [-0.25, -0.2) is 17.9 Å². The van der Waals surface area contributed by atoms with Gasteiger partial charge in [-0.15, -0.1) is 0 Å². The number of nitrogens with zero attached hydrogens (tertiary/aromatic N) is 2. The Hall–Kier alpha value is -1.68. The Morgan fingerprint density at radius 1 is 1.25 bits per heavy atom. The normalized spacial score (nSPS) is 16.7. The lowest BCUT2D eigenvalue weighted by Crippen LogP contribution is -2.38. The molecule has 0 aliphatic carbocycles. The third kappa shape index (κ3) is 3.69. The van der Waals surface area contributed by atoms with E-state index in [0.29, 0.717) is 17.6 Å². The van der Waals surface area contributed by atoms with Gasteiger partial charge < -0.3 is 9.15 Å². The SMILES string of the molecule is Cn1c(=O)oc2ccc(S(=O)(=O)NCCCN3CCOCC3)cc21. The number of fused-ring (bicyclic) bond motifs is 1. The van der Waals surface area contributed by atoms with Gasteiger partial charge in [0.25, 0.3) is 0 Å². The van der Waals surface area contributed by atoms with E-state index < -0.39 is 15.8 Å². The van der Waals surface area contributed by atoms with Crippen LogP contribution in [0.25, 0.3) is 11.1 Å². The number of aryl methyl sites for hydroxylation is 1. The van der Waals surface area contributed by atoms with Gasteiger partial charge in [-0.1, -0.05) is 0 Å². The van der Waals surface area contributed by atoms with Crippen LogP contribution in [0.3, 0.4) is 0 Å². The average molecular weight is 355 g/mol. The minimum atomic E-state index is -3.61. The number of hydrogen-bond acceptors (Lipinski definition) is 6. The highest BCUT2D eigenvalue weighted by Crippen LogP contribution is 2.17. The molecular weight excluding hydrogens is 334 g/mol. The number of nitrogens with one attached hydrogen (secondary N) is 1. The van der Waals surface area contributed by atoms with Crippen molar-refractivity contribution < 1.29 is 17.6 Å². The zero-order valence-corrected chi connectivity index (χ0v) is 14.3. The van der Waals surface area contributed by atoms with Gasteiger partial charge in [0.05, 0.1) is 23.6 Å². The van der Waals surface area contributed by atoms with Crippen LogP contribution in [0.4, 0.5) is 0 Å². The van der Waals surface area contributed by atoms with Crippen LogP contribution in [-0.4, -0.2) is 57.3 Å². The number of morpholine rings is 1. The van der Waals surface area contributed by atoms with Crippen molar-refractivity contribution in [3.05, 3.63) is 28.7 Å². The van der Waals surface area contributed by atoms with Gasteiger partial charge >= 0.3 is 5.76 Å². The monoisotopic (exact) mass is 355 g/mol. The number of rotatable bonds is 6. The Bertz CT molecular complexity index is 865. The molecule has 0 saturated carbocycles. The second-order valence-electron chi connectivity index (χ2n) is 5.76. The summed E-state index contributed by atoms with van der Waals surface area (Å²) >= 11 is 0. The number of oxazole rings is 1. The van der Waals surface area contributed by atoms with Crippen LogP contribution in [0.15, 0.2) is 32.3 Å². The summed E-state index contributed by atoms with van der Waals surface area (Å²) in [5.41, 5.74) is 0.824. The molecule has 9 heteroatoms. The van der Waals surface area contributed by atoms with Crippen molar-refractivity contribution in [3.8, 4) is 0 Å². The molecule has 1 saturated heterocycles. The Morgan fingerprint density at radius 2 is 2.00 bits per heavy atom. The third-order valence-electron chi connectivity index (χ3n) is 4.12. The van der Waals surface area contributed by atoms with E-state index >= 15 is 0 Å². The van der Waals surface area contributed by atoms with E-state index in [-0.39, 0.29) is 4.90 Å². The summed E-state index contributed by atoms with van der Waals surface area (Å²) < 4.78 is 38.9. The lowest BCUT2D eigenvalue weighted by molar-refractivity contribution is 0.0376. The predicted molar refractivity (Wildman–Crippen MR) is 88.5 cm³/mol. The molecule has 2 heterocycles. The van der Waals surface area contributed by atoms with Crippen LogP contribution < -0.4 is 10.5 Å². The van der Waals surface area contributed by atoms with Crippen molar-refractivity contribution in [1.29, 1.82) is 0 Å². The van der Waals surface area contributed by atoms with Crippen molar-refractivity contribution in [2.75, 3.05) is 39.4 Å². The second-order valence-corrected chi connectivity index (χ2v) is 7.53. The standard InChI is InChI=1S/C15H21N3O5S/c1-17-13-11-12(3-4-14(13)23-15(17)19)24(20,21)16-5-2-6-18-7-9-22-10-8-18/h3-4,11,16H,2,5-10H2,1H3. The summed E-state index contributed by atoms with van der Waals surface area (Å²) in [6.07, 6.45) is 0.728. The Morgan fingerprint density at radius 3 is 2.75 bits per heavy atom. The maximum atomic E-state index is 12.4. The fraction of sp³-hybridized carbons (Fsp3) is 0.533. The molecule has 0 spiro atoms. The van der Waals surface area contributed by atoms with Crippen molar-refractivity contribution >= 4 is 21.1 Å². The summed E-state index contributed by atoms with van der Waals surface area (Å²) in [5.74, 6) is -0.516. The fourth-order valence-electron chi connectivity index (χ4n) is 2.69. The summed E-state index contributed by atoms with van der Waals surface area (Å²) in [5, 5.41) is 0. The van der Waals surface area contributed by atoms with E-state index in [1.807, 2.05) is 0 Å². The molecule has 1 N–H and O–H groups in total. The molecule has 2 aromatic rings. The second kappa shape index (κ2) is 7.06.